The minimum absolute atomic E-state index is 0.122. The van der Waals surface area contributed by atoms with Crippen molar-refractivity contribution in [3.8, 4) is 0 Å². The Bertz CT molecular complexity index is 1600. The molecule has 0 radical (unpaired) electrons. The van der Waals surface area contributed by atoms with E-state index in [9.17, 15) is 15.1 Å². The molecule has 3 fully saturated rings. The number of carbonyl (C=O) groups excluding carboxylic acids is 2. The lowest BCUT2D eigenvalue weighted by atomic mass is 9.95. The summed E-state index contributed by atoms with van der Waals surface area (Å²) >= 11 is 0. The molecule has 0 spiro atoms. The predicted molar refractivity (Wildman–Crippen MR) is 196 cm³/mol. The summed E-state index contributed by atoms with van der Waals surface area (Å²) in [4.78, 5) is 28.8. The molecule has 0 aliphatic carbocycles. The molecule has 0 amide bonds. The van der Waals surface area contributed by atoms with Gasteiger partial charge in [-0.2, -0.15) is 0 Å². The molecular formula is C38H53N3O12Si. The molecule has 0 saturated carbocycles. The number of hydrogen-bond acceptors (Lipinski definition) is 13. The zero-order chi connectivity index (χ0) is 39.3. The van der Waals surface area contributed by atoms with Crippen LogP contribution < -0.4 is 0 Å². The summed E-state index contributed by atoms with van der Waals surface area (Å²) in [6.45, 7) is 15.2. The molecule has 0 bridgehead atoms. The third kappa shape index (κ3) is 10.1. The average Bonchev–Trinajstić information content (AvgIpc) is 3.44. The van der Waals surface area contributed by atoms with Gasteiger partial charge in [-0.3, -0.25) is 4.79 Å². The molecule has 54 heavy (non-hydrogen) atoms. The molecular weight excluding hydrogens is 719 g/mol. The lowest BCUT2D eigenvalue weighted by Gasteiger charge is -2.50. The molecule has 0 unspecified atom stereocenters. The van der Waals surface area contributed by atoms with E-state index in [2.05, 4.69) is 43.9 Å². The Labute approximate surface area is 317 Å². The third-order valence-electron chi connectivity index (χ3n) is 10.1. The lowest BCUT2D eigenvalue weighted by molar-refractivity contribution is -0.328. The van der Waals surface area contributed by atoms with Gasteiger partial charge in [0.15, 0.2) is 32.8 Å². The van der Waals surface area contributed by atoms with Crippen molar-refractivity contribution in [1.29, 1.82) is 0 Å². The van der Waals surface area contributed by atoms with Crippen molar-refractivity contribution in [3.05, 3.63) is 82.2 Å². The molecule has 296 valence electrons. The second kappa shape index (κ2) is 17.6. The van der Waals surface area contributed by atoms with Gasteiger partial charge in [-0.15, -0.1) is 0 Å². The lowest BCUT2D eigenvalue weighted by Crippen LogP contribution is -2.66. The molecule has 0 N–H and O–H groups in total. The quantitative estimate of drug-likeness (QED) is 0.0727. The summed E-state index contributed by atoms with van der Waals surface area (Å²) < 4.78 is 62.6. The summed E-state index contributed by atoms with van der Waals surface area (Å²) in [5, 5.41) is 3.93. The molecule has 3 heterocycles. The number of carbonyl (C=O) groups is 2. The number of ether oxygens (including phenoxy) is 9. The molecule has 5 rings (SSSR count). The number of benzene rings is 2. The van der Waals surface area contributed by atoms with E-state index >= 15 is 0 Å². The van der Waals surface area contributed by atoms with E-state index in [1.54, 1.807) is 13.8 Å². The Balaban J connectivity index is 1.57. The van der Waals surface area contributed by atoms with Crippen molar-refractivity contribution in [2.45, 2.75) is 140 Å². The van der Waals surface area contributed by atoms with Crippen LogP contribution in [0.5, 0.6) is 0 Å². The van der Waals surface area contributed by atoms with E-state index in [1.165, 1.54) is 14.0 Å². The summed E-state index contributed by atoms with van der Waals surface area (Å²) in [7, 11) is -1.35. The van der Waals surface area contributed by atoms with Gasteiger partial charge in [-0.05, 0) is 48.6 Å². The molecule has 15 nitrogen and oxygen atoms in total. The molecule has 3 aliphatic rings. The van der Waals surface area contributed by atoms with E-state index in [-0.39, 0.29) is 24.9 Å². The van der Waals surface area contributed by atoms with Gasteiger partial charge in [0.1, 0.15) is 43.2 Å². The van der Waals surface area contributed by atoms with Crippen LogP contribution in [-0.4, -0.2) is 101 Å². The Morgan fingerprint density at radius 2 is 1.48 bits per heavy atom. The van der Waals surface area contributed by atoms with Crippen LogP contribution >= 0.6 is 0 Å². The minimum atomic E-state index is -2.58. The molecule has 10 atom stereocenters. The zero-order valence-corrected chi connectivity index (χ0v) is 33.4. The number of azide groups is 1. The maximum absolute atomic E-state index is 13.5. The zero-order valence-electron chi connectivity index (χ0n) is 32.4. The average molecular weight is 772 g/mol. The number of methoxy groups -OCH3 is 1. The first-order valence-corrected chi connectivity index (χ1v) is 21.0. The van der Waals surface area contributed by atoms with E-state index in [0.29, 0.717) is 0 Å². The molecule has 2 aromatic rings. The minimum Gasteiger partial charge on any atom is -0.467 e. The summed E-state index contributed by atoms with van der Waals surface area (Å²) in [6, 6.07) is 17.8. The van der Waals surface area contributed by atoms with E-state index in [1.807, 2.05) is 60.7 Å². The number of nitrogens with zero attached hydrogens (tertiary/aromatic N) is 3. The maximum atomic E-state index is 13.5. The van der Waals surface area contributed by atoms with Crippen LogP contribution in [0.3, 0.4) is 0 Å². The number of rotatable bonds is 14. The van der Waals surface area contributed by atoms with Crippen LogP contribution in [0.15, 0.2) is 65.8 Å². The first kappa shape index (κ1) is 41.7. The van der Waals surface area contributed by atoms with Crippen molar-refractivity contribution in [2.75, 3.05) is 13.7 Å². The van der Waals surface area contributed by atoms with Crippen LogP contribution in [0.4, 0.5) is 0 Å². The third-order valence-corrected chi connectivity index (χ3v) is 14.6. The van der Waals surface area contributed by atoms with Crippen LogP contribution in [0.25, 0.3) is 10.4 Å². The fraction of sp³-hybridized carbons (Fsp3) is 0.632. The van der Waals surface area contributed by atoms with Gasteiger partial charge in [-0.1, -0.05) is 86.5 Å². The van der Waals surface area contributed by atoms with Gasteiger partial charge < -0.3 is 47.1 Å². The fourth-order valence-electron chi connectivity index (χ4n) is 6.37. The molecule has 3 saturated heterocycles. The highest BCUT2D eigenvalue weighted by Crippen LogP contribution is 2.43. The van der Waals surface area contributed by atoms with Crippen molar-refractivity contribution < 1.29 is 56.6 Å². The van der Waals surface area contributed by atoms with E-state index < -0.39 is 87.4 Å². The first-order chi connectivity index (χ1) is 25.5. The number of fused-ring (bicyclic) bond motifs is 1. The largest absolute Gasteiger partial charge is 0.467 e. The van der Waals surface area contributed by atoms with Gasteiger partial charge >= 0.3 is 11.9 Å². The van der Waals surface area contributed by atoms with Crippen LogP contribution in [0.1, 0.15) is 52.7 Å². The van der Waals surface area contributed by atoms with Gasteiger partial charge in [0.25, 0.3) is 0 Å². The van der Waals surface area contributed by atoms with Crippen molar-refractivity contribution in [2.24, 2.45) is 5.11 Å². The summed E-state index contributed by atoms with van der Waals surface area (Å²) in [6.07, 6.45) is -9.67. The smallest absolute Gasteiger partial charge is 0.337 e. The first-order valence-electron chi connectivity index (χ1n) is 18.1. The Morgan fingerprint density at radius 1 is 0.889 bits per heavy atom. The van der Waals surface area contributed by atoms with Crippen molar-refractivity contribution in [1.82, 2.24) is 0 Å². The Kier molecular flexibility index (Phi) is 13.6. The van der Waals surface area contributed by atoms with Crippen molar-refractivity contribution >= 4 is 20.3 Å². The second-order valence-electron chi connectivity index (χ2n) is 15.6. The molecule has 0 aromatic heterocycles. The van der Waals surface area contributed by atoms with Crippen LogP contribution in [0.2, 0.25) is 18.1 Å². The summed E-state index contributed by atoms with van der Waals surface area (Å²) in [5.74, 6) is -2.38. The molecule has 16 heteroatoms. The van der Waals surface area contributed by atoms with Gasteiger partial charge in [-0.25, -0.2) is 4.79 Å². The normalized spacial score (nSPS) is 30.8. The van der Waals surface area contributed by atoms with Gasteiger partial charge in [0, 0.05) is 11.8 Å². The van der Waals surface area contributed by atoms with Gasteiger partial charge in [0.05, 0.1) is 26.4 Å². The number of esters is 2. The van der Waals surface area contributed by atoms with Crippen LogP contribution in [0, 0.1) is 0 Å². The maximum Gasteiger partial charge on any atom is 0.337 e. The number of hydrogen-bond donors (Lipinski definition) is 0. The predicted octanol–water partition coefficient (Wildman–Crippen LogP) is 5.95. The van der Waals surface area contributed by atoms with E-state index in [0.717, 1.165) is 11.1 Å². The van der Waals surface area contributed by atoms with Crippen molar-refractivity contribution in [3.63, 3.8) is 0 Å². The fourth-order valence-corrected chi connectivity index (χ4v) is 7.69. The standard InChI is InChI=1S/C38H53N3O12Si/c1-23(42)45-22-26-28(53-54(8,9)37(2,3)4)29(46-20-24-16-12-10-13-17-24)27(40-41-39)35(48-26)49-31-30(47-21-25-18-14-11-15-19-25)33-36(52-38(5,6)51-33)50-32(31)34(43)44-7/h10-19,26-33,35-36H,20-22H2,1-9H3/t26-,27-,28-,29-,30+,31+,32-,33-,35-,36-/m1/s1. The Morgan fingerprint density at radius 3 is 2.02 bits per heavy atom. The van der Waals surface area contributed by atoms with E-state index in [4.69, 9.17) is 47.1 Å². The van der Waals surface area contributed by atoms with Gasteiger partial charge in [0.2, 0.25) is 0 Å². The Hall–Kier alpha value is -3.41. The highest BCUT2D eigenvalue weighted by molar-refractivity contribution is 6.74. The topological polar surface area (TPSA) is 175 Å². The highest BCUT2D eigenvalue weighted by atomic mass is 28.4. The highest BCUT2D eigenvalue weighted by Gasteiger charge is 2.60. The molecule has 2 aromatic carbocycles. The monoisotopic (exact) mass is 771 g/mol. The van der Waals surface area contributed by atoms with Crippen LogP contribution in [-0.2, 0) is 69.9 Å². The SMILES string of the molecule is COC(=O)[C@@H]1O[C@@H]2OC(C)(C)O[C@@H]2[C@@H](OCc2ccccc2)[C@@H]1O[C@H]1O[C@H](COC(C)=O)[C@@H](O[Si](C)(C)C(C)(C)C)[C@H](OCc2ccccc2)[C@H]1N=[N+]=[N-]. The second-order valence-corrected chi connectivity index (χ2v) is 20.3. The summed E-state index contributed by atoms with van der Waals surface area (Å²) in [5.41, 5.74) is 11.7. The molecule has 3 aliphatic heterocycles.